The monoisotopic (exact) mass is 234 g/mol. The van der Waals surface area contributed by atoms with Crippen molar-refractivity contribution in [2.24, 2.45) is 0 Å². The molecule has 88 valence electrons. The highest BCUT2D eigenvalue weighted by Crippen LogP contribution is 2.42. The van der Waals surface area contributed by atoms with Gasteiger partial charge >= 0.3 is 0 Å². The van der Waals surface area contributed by atoms with Crippen LogP contribution in [0.25, 0.3) is 11.4 Å². The number of nitrogen functional groups attached to an aromatic ring is 1. The van der Waals surface area contributed by atoms with Crippen LogP contribution >= 0.6 is 0 Å². The van der Waals surface area contributed by atoms with E-state index in [0.29, 0.717) is 29.4 Å². The average Bonchev–Trinajstić information content (AvgIpc) is 2.86. The van der Waals surface area contributed by atoms with Crippen LogP contribution in [0.1, 0.15) is 23.9 Å². The number of aryl methyl sites for hydroxylation is 1. The highest BCUT2D eigenvalue weighted by molar-refractivity contribution is 5.60. The van der Waals surface area contributed by atoms with E-state index >= 15 is 0 Å². The summed E-state index contributed by atoms with van der Waals surface area (Å²) in [7, 11) is 0. The van der Waals surface area contributed by atoms with Gasteiger partial charge < -0.3 is 10.3 Å². The summed E-state index contributed by atoms with van der Waals surface area (Å²) in [6, 6.07) is 1.73. The quantitative estimate of drug-likeness (QED) is 0.857. The molecule has 0 aromatic carbocycles. The van der Waals surface area contributed by atoms with Gasteiger partial charge in [-0.2, -0.15) is 4.98 Å². The molecule has 0 radical (unpaired) electrons. The number of nitrogens with zero attached hydrogens (tertiary/aromatic N) is 3. The highest BCUT2D eigenvalue weighted by atomic mass is 19.1. The molecule has 0 amide bonds. The van der Waals surface area contributed by atoms with Crippen molar-refractivity contribution in [3.05, 3.63) is 23.8 Å². The third-order valence-electron chi connectivity index (χ3n) is 2.86. The second kappa shape index (κ2) is 3.51. The molecule has 0 spiro atoms. The van der Waals surface area contributed by atoms with E-state index in [2.05, 4.69) is 15.1 Å². The predicted octanol–water partition coefficient (Wildman–Crippen LogP) is 1.85. The zero-order chi connectivity index (χ0) is 12.0. The van der Waals surface area contributed by atoms with E-state index in [1.165, 1.54) is 0 Å². The van der Waals surface area contributed by atoms with Crippen LogP contribution < -0.4 is 5.73 Å². The fourth-order valence-electron chi connectivity index (χ4n) is 1.60. The summed E-state index contributed by atoms with van der Waals surface area (Å²) in [5, 5.41) is 3.80. The summed E-state index contributed by atoms with van der Waals surface area (Å²) in [5.74, 6) is 0.525. The number of aromatic nitrogens is 3. The summed E-state index contributed by atoms with van der Waals surface area (Å²) >= 11 is 0. The van der Waals surface area contributed by atoms with Crippen LogP contribution in [0.2, 0.25) is 0 Å². The van der Waals surface area contributed by atoms with E-state index in [1.807, 2.05) is 6.92 Å². The Bertz CT molecular complexity index is 568. The van der Waals surface area contributed by atoms with Gasteiger partial charge in [0.15, 0.2) is 0 Å². The summed E-state index contributed by atoms with van der Waals surface area (Å²) < 4.78 is 17.8. The first-order valence-electron chi connectivity index (χ1n) is 5.35. The number of rotatable bonds is 2. The van der Waals surface area contributed by atoms with Gasteiger partial charge in [-0.05, 0) is 19.4 Å². The third-order valence-corrected chi connectivity index (χ3v) is 2.86. The van der Waals surface area contributed by atoms with Crippen molar-refractivity contribution in [2.75, 3.05) is 5.73 Å². The standard InChI is InChI=1S/C11H11FN4O/c1-5-9(13)2-6(4-14-5)10-15-11(17-16-10)7-3-8(7)12/h2,4,7-8H,3,13H2,1H3/t7-,8-/m0/s1. The lowest BCUT2D eigenvalue weighted by Crippen LogP contribution is -1.94. The van der Waals surface area contributed by atoms with E-state index in [1.54, 1.807) is 12.3 Å². The number of pyridine rings is 1. The first-order valence-corrected chi connectivity index (χ1v) is 5.35. The Morgan fingerprint density at radius 2 is 2.29 bits per heavy atom. The van der Waals surface area contributed by atoms with E-state index in [-0.39, 0.29) is 5.92 Å². The maximum Gasteiger partial charge on any atom is 0.233 e. The van der Waals surface area contributed by atoms with Crippen molar-refractivity contribution >= 4 is 5.69 Å². The lowest BCUT2D eigenvalue weighted by molar-refractivity contribution is 0.363. The van der Waals surface area contributed by atoms with E-state index in [0.717, 1.165) is 5.69 Å². The molecule has 0 bridgehead atoms. The Morgan fingerprint density at radius 3 is 2.94 bits per heavy atom. The lowest BCUT2D eigenvalue weighted by atomic mass is 10.2. The molecule has 2 N–H and O–H groups in total. The van der Waals surface area contributed by atoms with Gasteiger partial charge in [0.05, 0.1) is 17.3 Å². The molecule has 2 aromatic rings. The van der Waals surface area contributed by atoms with Crippen molar-refractivity contribution in [3.63, 3.8) is 0 Å². The predicted molar refractivity (Wildman–Crippen MR) is 58.9 cm³/mol. The second-order valence-electron chi connectivity index (χ2n) is 4.21. The molecular weight excluding hydrogens is 223 g/mol. The van der Waals surface area contributed by atoms with Crippen LogP contribution in [-0.2, 0) is 0 Å². The minimum atomic E-state index is -0.843. The topological polar surface area (TPSA) is 77.8 Å². The molecule has 1 aliphatic rings. The summed E-state index contributed by atoms with van der Waals surface area (Å²) in [5.41, 5.74) is 7.76. The zero-order valence-corrected chi connectivity index (χ0v) is 9.22. The number of anilines is 1. The number of alkyl halides is 1. The van der Waals surface area contributed by atoms with Crippen LogP contribution in [0.4, 0.5) is 10.1 Å². The highest BCUT2D eigenvalue weighted by Gasteiger charge is 2.43. The first-order chi connectivity index (χ1) is 8.15. The molecule has 0 aliphatic heterocycles. The fourth-order valence-corrected chi connectivity index (χ4v) is 1.60. The van der Waals surface area contributed by atoms with Crippen molar-refractivity contribution < 1.29 is 8.91 Å². The maximum absolute atomic E-state index is 12.8. The Labute approximate surface area is 96.9 Å². The van der Waals surface area contributed by atoms with Gasteiger partial charge in [-0.15, -0.1) is 0 Å². The van der Waals surface area contributed by atoms with Gasteiger partial charge in [0.1, 0.15) is 6.17 Å². The molecule has 2 heterocycles. The van der Waals surface area contributed by atoms with Gasteiger partial charge in [-0.1, -0.05) is 5.16 Å². The number of nitrogens with two attached hydrogens (primary N) is 1. The molecular formula is C11H11FN4O. The Morgan fingerprint density at radius 1 is 1.53 bits per heavy atom. The SMILES string of the molecule is Cc1ncc(-c2noc([C@H]3C[C@@H]3F)n2)cc1N. The molecule has 5 nitrogen and oxygen atoms in total. The minimum absolute atomic E-state index is 0.230. The number of hydrogen-bond donors (Lipinski definition) is 1. The van der Waals surface area contributed by atoms with E-state index in [4.69, 9.17) is 10.3 Å². The molecule has 0 unspecified atom stereocenters. The molecule has 0 saturated heterocycles. The first kappa shape index (κ1) is 10.2. The Balaban J connectivity index is 1.92. The lowest BCUT2D eigenvalue weighted by Gasteiger charge is -1.99. The molecule has 17 heavy (non-hydrogen) atoms. The largest absolute Gasteiger partial charge is 0.397 e. The van der Waals surface area contributed by atoms with Gasteiger partial charge in [-0.3, -0.25) is 4.98 Å². The zero-order valence-electron chi connectivity index (χ0n) is 9.22. The van der Waals surface area contributed by atoms with Crippen LogP contribution in [0.3, 0.4) is 0 Å². The minimum Gasteiger partial charge on any atom is -0.397 e. The van der Waals surface area contributed by atoms with Crippen LogP contribution in [0, 0.1) is 6.92 Å². The van der Waals surface area contributed by atoms with E-state index in [9.17, 15) is 4.39 Å². The van der Waals surface area contributed by atoms with Gasteiger partial charge in [0.25, 0.3) is 0 Å². The van der Waals surface area contributed by atoms with Gasteiger partial charge in [0.2, 0.25) is 11.7 Å². The average molecular weight is 234 g/mol. The smallest absolute Gasteiger partial charge is 0.233 e. The Kier molecular flexibility index (Phi) is 2.10. The van der Waals surface area contributed by atoms with Gasteiger partial charge in [0, 0.05) is 11.8 Å². The van der Waals surface area contributed by atoms with Crippen LogP contribution in [0.5, 0.6) is 0 Å². The molecule has 2 atom stereocenters. The van der Waals surface area contributed by atoms with Crippen molar-refractivity contribution in [1.82, 2.24) is 15.1 Å². The number of hydrogen-bond acceptors (Lipinski definition) is 5. The normalized spacial score (nSPS) is 22.7. The second-order valence-corrected chi connectivity index (χ2v) is 4.21. The summed E-state index contributed by atoms with van der Waals surface area (Å²) in [6.45, 7) is 1.82. The maximum atomic E-state index is 12.8. The fraction of sp³-hybridized carbons (Fsp3) is 0.364. The van der Waals surface area contributed by atoms with E-state index < -0.39 is 6.17 Å². The molecule has 1 fully saturated rings. The van der Waals surface area contributed by atoms with Crippen molar-refractivity contribution in [2.45, 2.75) is 25.4 Å². The molecule has 6 heteroatoms. The molecule has 3 rings (SSSR count). The van der Waals surface area contributed by atoms with Crippen molar-refractivity contribution in [3.8, 4) is 11.4 Å². The molecule has 1 saturated carbocycles. The number of halogens is 1. The van der Waals surface area contributed by atoms with Gasteiger partial charge in [-0.25, -0.2) is 4.39 Å². The molecule has 1 aliphatic carbocycles. The molecule has 2 aromatic heterocycles. The summed E-state index contributed by atoms with van der Waals surface area (Å²) in [6.07, 6.45) is 1.25. The van der Waals surface area contributed by atoms with Crippen LogP contribution in [0.15, 0.2) is 16.8 Å². The Hall–Kier alpha value is -1.98. The van der Waals surface area contributed by atoms with Crippen molar-refractivity contribution in [1.29, 1.82) is 0 Å². The van der Waals surface area contributed by atoms with Crippen LogP contribution in [-0.4, -0.2) is 21.3 Å². The summed E-state index contributed by atoms with van der Waals surface area (Å²) in [4.78, 5) is 8.27. The third kappa shape index (κ3) is 1.75.